The molecule has 0 radical (unpaired) electrons. The summed E-state index contributed by atoms with van der Waals surface area (Å²) in [6, 6.07) is 5.75. The van der Waals surface area contributed by atoms with E-state index in [1.54, 1.807) is 13.0 Å². The first-order valence-electron chi connectivity index (χ1n) is 10.1. The number of amides is 1. The van der Waals surface area contributed by atoms with Crippen molar-refractivity contribution in [2.24, 2.45) is 0 Å². The van der Waals surface area contributed by atoms with E-state index < -0.39 is 0 Å². The standard InChI is InChI=1S/C22H28N4O2/c1-15-5-6-21(28)18(10-15)12-25-9-7-20-19(13-25)11-23-22(24-20)17-4-3-8-26(14-17)16(2)27/h5-6,10-11,17,28H,3-4,7-9,12-14H2,1-2H3/t17-/m1/s1. The fourth-order valence-electron chi connectivity index (χ4n) is 4.28. The Bertz CT molecular complexity index is 883. The third-order valence-electron chi connectivity index (χ3n) is 5.89. The summed E-state index contributed by atoms with van der Waals surface area (Å²) in [5.74, 6) is 1.62. The third kappa shape index (κ3) is 4.02. The highest BCUT2D eigenvalue weighted by atomic mass is 16.3. The van der Waals surface area contributed by atoms with Gasteiger partial charge in [-0.2, -0.15) is 0 Å². The molecule has 2 aromatic rings. The summed E-state index contributed by atoms with van der Waals surface area (Å²) in [5.41, 5.74) is 4.42. The molecule has 6 heteroatoms. The van der Waals surface area contributed by atoms with E-state index in [2.05, 4.69) is 9.88 Å². The van der Waals surface area contributed by atoms with E-state index in [0.717, 1.165) is 74.6 Å². The van der Waals surface area contributed by atoms with Crippen LogP contribution in [0.4, 0.5) is 0 Å². The summed E-state index contributed by atoms with van der Waals surface area (Å²) in [4.78, 5) is 25.5. The van der Waals surface area contributed by atoms with Crippen molar-refractivity contribution in [2.75, 3.05) is 19.6 Å². The van der Waals surface area contributed by atoms with Crippen molar-refractivity contribution < 1.29 is 9.90 Å². The average Bonchev–Trinajstić information content (AvgIpc) is 2.70. The second kappa shape index (κ2) is 7.87. The fourth-order valence-corrected chi connectivity index (χ4v) is 4.28. The highest BCUT2D eigenvalue weighted by Crippen LogP contribution is 2.27. The highest BCUT2D eigenvalue weighted by molar-refractivity contribution is 5.73. The van der Waals surface area contributed by atoms with Crippen LogP contribution in [0.25, 0.3) is 0 Å². The molecule has 1 fully saturated rings. The van der Waals surface area contributed by atoms with Crippen LogP contribution < -0.4 is 0 Å². The molecule has 1 saturated heterocycles. The zero-order chi connectivity index (χ0) is 19.7. The van der Waals surface area contributed by atoms with Crippen LogP contribution in [0.5, 0.6) is 5.75 Å². The molecule has 1 N–H and O–H groups in total. The quantitative estimate of drug-likeness (QED) is 0.887. The van der Waals surface area contributed by atoms with Crippen molar-refractivity contribution in [3.8, 4) is 5.75 Å². The number of benzene rings is 1. The number of hydrogen-bond acceptors (Lipinski definition) is 5. The molecule has 2 aliphatic heterocycles. The van der Waals surface area contributed by atoms with Crippen molar-refractivity contribution in [1.29, 1.82) is 0 Å². The number of carbonyl (C=O) groups is 1. The Balaban J connectivity index is 1.46. The zero-order valence-electron chi connectivity index (χ0n) is 16.7. The predicted octanol–water partition coefficient (Wildman–Crippen LogP) is 2.77. The van der Waals surface area contributed by atoms with Crippen molar-refractivity contribution in [1.82, 2.24) is 19.8 Å². The molecule has 0 aliphatic carbocycles. The van der Waals surface area contributed by atoms with Gasteiger partial charge in [0.2, 0.25) is 5.91 Å². The molecule has 0 spiro atoms. The Hall–Kier alpha value is -2.47. The third-order valence-corrected chi connectivity index (χ3v) is 5.89. The van der Waals surface area contributed by atoms with Crippen LogP contribution >= 0.6 is 0 Å². The Kier molecular flexibility index (Phi) is 5.31. The smallest absolute Gasteiger partial charge is 0.219 e. The number of rotatable bonds is 3. The van der Waals surface area contributed by atoms with Gasteiger partial charge in [0.25, 0.3) is 0 Å². The topological polar surface area (TPSA) is 69.6 Å². The van der Waals surface area contributed by atoms with Gasteiger partial charge in [-0.05, 0) is 25.8 Å². The molecule has 2 aliphatic rings. The van der Waals surface area contributed by atoms with E-state index in [4.69, 9.17) is 4.98 Å². The number of carbonyl (C=O) groups excluding carboxylic acids is 1. The van der Waals surface area contributed by atoms with Gasteiger partial charge in [0.1, 0.15) is 11.6 Å². The van der Waals surface area contributed by atoms with E-state index >= 15 is 0 Å². The molecule has 1 amide bonds. The minimum atomic E-state index is 0.137. The summed E-state index contributed by atoms with van der Waals surface area (Å²) in [6.07, 6.45) is 4.91. The lowest BCUT2D eigenvalue weighted by atomic mass is 9.96. The second-order valence-electron chi connectivity index (χ2n) is 8.10. The van der Waals surface area contributed by atoms with Crippen molar-refractivity contribution in [2.45, 2.75) is 52.1 Å². The van der Waals surface area contributed by atoms with Crippen LogP contribution in [0, 0.1) is 6.92 Å². The number of aromatic hydroxyl groups is 1. The molecule has 0 unspecified atom stereocenters. The van der Waals surface area contributed by atoms with Crippen LogP contribution in [-0.4, -0.2) is 50.4 Å². The average molecular weight is 380 g/mol. The molecule has 6 nitrogen and oxygen atoms in total. The molecular weight excluding hydrogens is 352 g/mol. The summed E-state index contributed by atoms with van der Waals surface area (Å²) in [7, 11) is 0. The van der Waals surface area contributed by atoms with Gasteiger partial charge >= 0.3 is 0 Å². The van der Waals surface area contributed by atoms with Gasteiger partial charge in [-0.1, -0.05) is 17.7 Å². The molecule has 3 heterocycles. The number of phenolic OH excluding ortho intramolecular Hbond substituents is 1. The number of phenols is 1. The van der Waals surface area contributed by atoms with Crippen molar-refractivity contribution in [3.63, 3.8) is 0 Å². The summed E-state index contributed by atoms with van der Waals surface area (Å²) in [6.45, 7) is 7.70. The first kappa shape index (κ1) is 18.9. The Labute approximate surface area is 166 Å². The van der Waals surface area contributed by atoms with E-state index in [-0.39, 0.29) is 11.8 Å². The second-order valence-corrected chi connectivity index (χ2v) is 8.10. The van der Waals surface area contributed by atoms with Gasteiger partial charge < -0.3 is 10.0 Å². The molecule has 0 saturated carbocycles. The maximum atomic E-state index is 11.7. The number of aryl methyl sites for hydroxylation is 1. The van der Waals surface area contributed by atoms with Crippen LogP contribution in [-0.2, 0) is 24.3 Å². The van der Waals surface area contributed by atoms with Gasteiger partial charge in [-0.25, -0.2) is 9.97 Å². The van der Waals surface area contributed by atoms with E-state index in [9.17, 15) is 9.90 Å². The number of aromatic nitrogens is 2. The zero-order valence-corrected chi connectivity index (χ0v) is 16.7. The lowest BCUT2D eigenvalue weighted by Gasteiger charge is -2.32. The van der Waals surface area contributed by atoms with Gasteiger partial charge in [-0.3, -0.25) is 9.69 Å². The van der Waals surface area contributed by atoms with E-state index in [0.29, 0.717) is 5.75 Å². The van der Waals surface area contributed by atoms with Crippen molar-refractivity contribution >= 4 is 5.91 Å². The Morgan fingerprint density at radius 3 is 3.00 bits per heavy atom. The molecule has 1 aromatic heterocycles. The summed E-state index contributed by atoms with van der Waals surface area (Å²) in [5, 5.41) is 10.1. The number of piperidine rings is 1. The summed E-state index contributed by atoms with van der Waals surface area (Å²) < 4.78 is 0. The number of fused-ring (bicyclic) bond motifs is 1. The molecule has 4 rings (SSSR count). The van der Waals surface area contributed by atoms with Crippen LogP contribution in [0.2, 0.25) is 0 Å². The number of hydrogen-bond donors (Lipinski definition) is 1. The van der Waals surface area contributed by atoms with E-state index in [1.807, 2.05) is 30.2 Å². The molecule has 1 atom stereocenters. The van der Waals surface area contributed by atoms with Gasteiger partial charge in [0, 0.05) is 75.0 Å². The normalized spacial score (nSPS) is 20.1. The fraction of sp³-hybridized carbons (Fsp3) is 0.500. The molecule has 0 bridgehead atoms. The van der Waals surface area contributed by atoms with Gasteiger partial charge in [-0.15, -0.1) is 0 Å². The SMILES string of the molecule is CC(=O)N1CCC[C@@H](c2ncc3c(n2)CCN(Cc2cc(C)ccc2O)C3)C1. The summed E-state index contributed by atoms with van der Waals surface area (Å²) >= 11 is 0. The molecule has 148 valence electrons. The maximum absolute atomic E-state index is 11.7. The first-order valence-corrected chi connectivity index (χ1v) is 10.1. The lowest BCUT2D eigenvalue weighted by Crippen LogP contribution is -2.38. The van der Waals surface area contributed by atoms with Crippen LogP contribution in [0.15, 0.2) is 24.4 Å². The number of nitrogens with zero attached hydrogens (tertiary/aromatic N) is 4. The van der Waals surface area contributed by atoms with Gasteiger partial charge in [0.15, 0.2) is 0 Å². The van der Waals surface area contributed by atoms with E-state index in [1.165, 1.54) is 5.56 Å². The number of likely N-dealkylation sites (tertiary alicyclic amines) is 1. The van der Waals surface area contributed by atoms with Crippen molar-refractivity contribution in [3.05, 3.63) is 52.6 Å². The monoisotopic (exact) mass is 380 g/mol. The molecule has 28 heavy (non-hydrogen) atoms. The van der Waals surface area contributed by atoms with Crippen LogP contribution in [0.3, 0.4) is 0 Å². The predicted molar refractivity (Wildman–Crippen MR) is 107 cm³/mol. The minimum absolute atomic E-state index is 0.137. The Morgan fingerprint density at radius 1 is 1.32 bits per heavy atom. The Morgan fingerprint density at radius 2 is 2.18 bits per heavy atom. The van der Waals surface area contributed by atoms with Crippen LogP contribution in [0.1, 0.15) is 53.9 Å². The minimum Gasteiger partial charge on any atom is -0.508 e. The maximum Gasteiger partial charge on any atom is 0.219 e. The first-order chi connectivity index (χ1) is 13.5. The lowest BCUT2D eigenvalue weighted by molar-refractivity contribution is -0.130. The molecular formula is C22H28N4O2. The highest BCUT2D eigenvalue weighted by Gasteiger charge is 2.26. The van der Waals surface area contributed by atoms with Gasteiger partial charge in [0.05, 0.1) is 0 Å². The molecule has 1 aromatic carbocycles. The largest absolute Gasteiger partial charge is 0.508 e.